The van der Waals surface area contributed by atoms with Crippen molar-refractivity contribution in [2.45, 2.75) is 23.8 Å². The van der Waals surface area contributed by atoms with Crippen LogP contribution >= 0.6 is 23.4 Å². The van der Waals surface area contributed by atoms with Crippen LogP contribution in [0.25, 0.3) is 0 Å². The zero-order chi connectivity index (χ0) is 13.1. The van der Waals surface area contributed by atoms with E-state index in [1.165, 1.54) is 10.5 Å². The molecule has 2 N–H and O–H groups in total. The minimum absolute atomic E-state index is 0.387. The number of nitrogens with zero attached hydrogens (tertiary/aromatic N) is 2. The van der Waals surface area contributed by atoms with E-state index in [0.717, 1.165) is 36.0 Å². The molecule has 0 saturated carbocycles. The molecule has 2 aromatic rings. The lowest BCUT2D eigenvalue weighted by Gasteiger charge is -2.26. The highest BCUT2D eigenvalue weighted by Gasteiger charge is 2.20. The van der Waals surface area contributed by atoms with Crippen LogP contribution in [0, 0.1) is 0 Å². The van der Waals surface area contributed by atoms with Crippen LogP contribution in [0.1, 0.15) is 23.9 Å². The van der Waals surface area contributed by atoms with E-state index < -0.39 is 0 Å². The van der Waals surface area contributed by atoms with Crippen molar-refractivity contribution in [3.8, 4) is 0 Å². The number of nitrogens with one attached hydrogen (secondary N) is 2. The highest BCUT2D eigenvalue weighted by Crippen LogP contribution is 2.37. The van der Waals surface area contributed by atoms with Gasteiger partial charge in [-0.2, -0.15) is 5.10 Å². The van der Waals surface area contributed by atoms with Gasteiger partial charge in [0.2, 0.25) is 0 Å². The van der Waals surface area contributed by atoms with Crippen LogP contribution in [0.2, 0.25) is 5.02 Å². The normalized spacial score (nSPS) is 18.3. The predicted octanol–water partition coefficient (Wildman–Crippen LogP) is 2.83. The fourth-order valence-electron chi connectivity index (χ4n) is 2.29. The maximum Gasteiger partial charge on any atom is 0.137 e. The van der Waals surface area contributed by atoms with Gasteiger partial charge < -0.3 is 5.32 Å². The summed E-state index contributed by atoms with van der Waals surface area (Å²) in [6.45, 7) is 0.885. The average Bonchev–Trinajstić information content (AvgIpc) is 2.92. The predicted molar refractivity (Wildman–Crippen MR) is 77.6 cm³/mol. The van der Waals surface area contributed by atoms with Gasteiger partial charge in [-0.1, -0.05) is 11.6 Å². The number of aromatic nitrogens is 3. The van der Waals surface area contributed by atoms with Crippen molar-refractivity contribution in [3.05, 3.63) is 40.9 Å². The fraction of sp³-hybridized carbons (Fsp3) is 0.385. The fourth-order valence-corrected chi connectivity index (χ4v) is 3.58. The van der Waals surface area contributed by atoms with Crippen molar-refractivity contribution in [1.29, 1.82) is 0 Å². The number of fused-ring (bicyclic) bond motifs is 1. The number of hydrogen-bond donors (Lipinski definition) is 2. The van der Waals surface area contributed by atoms with E-state index in [4.69, 9.17) is 11.6 Å². The summed E-state index contributed by atoms with van der Waals surface area (Å²) in [7, 11) is 0. The number of aromatic amines is 1. The van der Waals surface area contributed by atoms with Gasteiger partial charge in [-0.15, -0.1) is 11.8 Å². The summed E-state index contributed by atoms with van der Waals surface area (Å²) in [5, 5.41) is 11.1. The molecular formula is C13H15ClN4S. The Morgan fingerprint density at radius 2 is 2.42 bits per heavy atom. The van der Waals surface area contributed by atoms with Gasteiger partial charge in [-0.3, -0.25) is 5.10 Å². The van der Waals surface area contributed by atoms with Crippen LogP contribution in [0.15, 0.2) is 29.4 Å². The second-order valence-electron chi connectivity index (χ2n) is 4.51. The van der Waals surface area contributed by atoms with Gasteiger partial charge in [0.1, 0.15) is 12.2 Å². The molecule has 0 fully saturated rings. The van der Waals surface area contributed by atoms with E-state index in [1.54, 1.807) is 6.33 Å². The van der Waals surface area contributed by atoms with Crippen LogP contribution in [0.5, 0.6) is 0 Å². The highest BCUT2D eigenvalue weighted by atomic mass is 35.5. The largest absolute Gasteiger partial charge is 0.309 e. The molecule has 19 heavy (non-hydrogen) atoms. The van der Waals surface area contributed by atoms with Gasteiger partial charge in [0.25, 0.3) is 0 Å². The van der Waals surface area contributed by atoms with Gasteiger partial charge in [-0.05, 0) is 35.9 Å². The minimum Gasteiger partial charge on any atom is -0.309 e. The Kier molecular flexibility index (Phi) is 4.06. The molecule has 1 aromatic heterocycles. The van der Waals surface area contributed by atoms with E-state index in [0.29, 0.717) is 6.04 Å². The van der Waals surface area contributed by atoms with E-state index in [9.17, 15) is 0 Å². The zero-order valence-corrected chi connectivity index (χ0v) is 12.0. The van der Waals surface area contributed by atoms with Gasteiger partial charge >= 0.3 is 0 Å². The first-order valence-corrected chi connectivity index (χ1v) is 7.69. The van der Waals surface area contributed by atoms with Crippen molar-refractivity contribution < 1.29 is 0 Å². The Morgan fingerprint density at radius 3 is 3.26 bits per heavy atom. The summed E-state index contributed by atoms with van der Waals surface area (Å²) in [6.07, 6.45) is 3.54. The number of thioether (sulfide) groups is 1. The van der Waals surface area contributed by atoms with Crippen LogP contribution in [-0.4, -0.2) is 27.5 Å². The molecule has 100 valence electrons. The summed E-state index contributed by atoms with van der Waals surface area (Å²) in [6, 6.07) is 6.55. The smallest absolute Gasteiger partial charge is 0.137 e. The first-order valence-electron chi connectivity index (χ1n) is 6.33. The number of rotatable bonds is 4. The van der Waals surface area contributed by atoms with Gasteiger partial charge in [0.15, 0.2) is 0 Å². The summed E-state index contributed by atoms with van der Waals surface area (Å²) in [4.78, 5) is 5.47. The molecule has 2 heterocycles. The Labute approximate surface area is 121 Å². The third-order valence-electron chi connectivity index (χ3n) is 3.23. The zero-order valence-electron chi connectivity index (χ0n) is 10.4. The standard InChI is InChI=1S/C13H15ClN4S/c14-9-1-2-12-10(7-9)11(4-6-19-12)15-5-3-13-16-8-17-18-13/h1-2,7-8,11,15H,3-6H2,(H,16,17,18). The number of H-pyrrole nitrogens is 1. The van der Waals surface area contributed by atoms with Crippen molar-refractivity contribution >= 4 is 23.4 Å². The average molecular weight is 295 g/mol. The molecule has 0 amide bonds. The maximum atomic E-state index is 6.10. The molecule has 1 aliphatic rings. The first kappa shape index (κ1) is 13.0. The summed E-state index contributed by atoms with van der Waals surface area (Å²) in [5.74, 6) is 2.07. The molecule has 1 aliphatic heterocycles. The third kappa shape index (κ3) is 3.11. The summed E-state index contributed by atoms with van der Waals surface area (Å²) in [5.41, 5.74) is 1.32. The van der Waals surface area contributed by atoms with Crippen LogP contribution in [0.4, 0.5) is 0 Å². The topological polar surface area (TPSA) is 53.6 Å². The Morgan fingerprint density at radius 1 is 1.47 bits per heavy atom. The lowest BCUT2D eigenvalue weighted by atomic mass is 10.0. The van der Waals surface area contributed by atoms with Crippen LogP contribution in [0.3, 0.4) is 0 Å². The van der Waals surface area contributed by atoms with Gasteiger partial charge in [0.05, 0.1) is 0 Å². The van der Waals surface area contributed by atoms with E-state index >= 15 is 0 Å². The van der Waals surface area contributed by atoms with Crippen molar-refractivity contribution in [2.75, 3.05) is 12.3 Å². The number of hydrogen-bond acceptors (Lipinski definition) is 4. The Hall–Kier alpha value is -1.04. The molecule has 6 heteroatoms. The molecule has 0 aliphatic carbocycles. The molecule has 3 rings (SSSR count). The number of benzene rings is 1. The molecule has 4 nitrogen and oxygen atoms in total. The second kappa shape index (κ2) is 5.94. The molecule has 0 spiro atoms. The van der Waals surface area contributed by atoms with E-state index in [2.05, 4.69) is 32.6 Å². The molecular weight excluding hydrogens is 280 g/mol. The van der Waals surface area contributed by atoms with E-state index in [-0.39, 0.29) is 0 Å². The van der Waals surface area contributed by atoms with Crippen molar-refractivity contribution in [3.63, 3.8) is 0 Å². The van der Waals surface area contributed by atoms with Crippen molar-refractivity contribution in [2.24, 2.45) is 0 Å². The van der Waals surface area contributed by atoms with Crippen LogP contribution < -0.4 is 5.32 Å². The molecule has 1 aromatic carbocycles. The quantitative estimate of drug-likeness (QED) is 0.910. The monoisotopic (exact) mass is 294 g/mol. The van der Waals surface area contributed by atoms with E-state index in [1.807, 2.05) is 17.8 Å². The summed E-state index contributed by atoms with van der Waals surface area (Å²) >= 11 is 8.00. The maximum absolute atomic E-state index is 6.10. The minimum atomic E-state index is 0.387. The van der Waals surface area contributed by atoms with Crippen LogP contribution in [-0.2, 0) is 6.42 Å². The lowest BCUT2D eigenvalue weighted by Crippen LogP contribution is -2.26. The molecule has 0 saturated heterocycles. The Bertz CT molecular complexity index is 544. The highest BCUT2D eigenvalue weighted by molar-refractivity contribution is 7.99. The molecule has 1 unspecified atom stereocenters. The SMILES string of the molecule is Clc1ccc2c(c1)C(NCCc1ncn[nH]1)CCS2. The molecule has 1 atom stereocenters. The van der Waals surface area contributed by atoms with Gasteiger partial charge in [-0.25, -0.2) is 4.98 Å². The molecule has 0 radical (unpaired) electrons. The Balaban J connectivity index is 1.64. The first-order chi connectivity index (χ1) is 9.33. The van der Waals surface area contributed by atoms with Crippen molar-refractivity contribution in [1.82, 2.24) is 20.5 Å². The number of halogens is 1. The molecule has 0 bridgehead atoms. The lowest BCUT2D eigenvalue weighted by molar-refractivity contribution is 0.510. The third-order valence-corrected chi connectivity index (χ3v) is 4.59. The second-order valence-corrected chi connectivity index (χ2v) is 6.08. The summed E-state index contributed by atoms with van der Waals surface area (Å²) < 4.78 is 0. The van der Waals surface area contributed by atoms with Gasteiger partial charge in [0, 0.05) is 28.9 Å².